The van der Waals surface area contributed by atoms with Crippen LogP contribution in [0, 0.1) is 0 Å². The highest BCUT2D eigenvalue weighted by molar-refractivity contribution is 5.91. The molecule has 6 heteroatoms. The summed E-state index contributed by atoms with van der Waals surface area (Å²) >= 11 is 0. The summed E-state index contributed by atoms with van der Waals surface area (Å²) in [4.78, 5) is 27.5. The first-order chi connectivity index (χ1) is 9.16. The molecule has 19 heavy (non-hydrogen) atoms. The van der Waals surface area contributed by atoms with E-state index in [1.165, 1.54) is 6.26 Å². The molecule has 6 nitrogen and oxygen atoms in total. The van der Waals surface area contributed by atoms with Gasteiger partial charge in [-0.2, -0.15) is 0 Å². The summed E-state index contributed by atoms with van der Waals surface area (Å²) in [5.41, 5.74) is 0. The van der Waals surface area contributed by atoms with Gasteiger partial charge in [0.25, 0.3) is 5.91 Å². The number of carbonyl (C=O) groups is 2. The number of likely N-dealkylation sites (N-methyl/N-ethyl adjacent to an activating group) is 1. The van der Waals surface area contributed by atoms with Gasteiger partial charge in [-0.15, -0.1) is 0 Å². The van der Waals surface area contributed by atoms with Crippen molar-refractivity contribution in [1.82, 2.24) is 15.1 Å². The molecule has 1 aliphatic rings. The highest BCUT2D eigenvalue weighted by Crippen LogP contribution is 2.02. The zero-order valence-corrected chi connectivity index (χ0v) is 11.1. The molecule has 1 aromatic heterocycles. The Bertz CT molecular complexity index is 422. The van der Waals surface area contributed by atoms with Crippen LogP contribution in [0.2, 0.25) is 0 Å². The number of rotatable bonds is 4. The molecule has 0 aliphatic carbocycles. The summed E-state index contributed by atoms with van der Waals surface area (Å²) in [5, 5.41) is 2.67. The zero-order valence-electron chi connectivity index (χ0n) is 11.1. The van der Waals surface area contributed by atoms with Gasteiger partial charge in [0.05, 0.1) is 6.26 Å². The molecule has 2 rings (SSSR count). The van der Waals surface area contributed by atoms with Gasteiger partial charge in [-0.1, -0.05) is 0 Å². The highest BCUT2D eigenvalue weighted by Gasteiger charge is 2.18. The van der Waals surface area contributed by atoms with Crippen LogP contribution in [0.4, 0.5) is 0 Å². The first kappa shape index (κ1) is 13.6. The predicted octanol–water partition coefficient (Wildman–Crippen LogP) is 0.174. The quantitative estimate of drug-likeness (QED) is 0.843. The molecule has 0 aromatic carbocycles. The van der Waals surface area contributed by atoms with Crippen molar-refractivity contribution < 1.29 is 14.0 Å². The molecule has 2 amide bonds. The fourth-order valence-electron chi connectivity index (χ4n) is 1.99. The molecular weight excluding hydrogens is 246 g/mol. The molecule has 0 radical (unpaired) electrons. The van der Waals surface area contributed by atoms with E-state index in [-0.39, 0.29) is 17.6 Å². The Morgan fingerprint density at radius 1 is 1.32 bits per heavy atom. The molecule has 1 aliphatic heterocycles. The van der Waals surface area contributed by atoms with E-state index in [9.17, 15) is 9.59 Å². The van der Waals surface area contributed by atoms with Gasteiger partial charge in [0.1, 0.15) is 0 Å². The molecule has 2 heterocycles. The zero-order chi connectivity index (χ0) is 13.7. The van der Waals surface area contributed by atoms with E-state index in [0.717, 1.165) is 26.2 Å². The molecular formula is C13H19N3O3. The number of amides is 2. The van der Waals surface area contributed by atoms with Gasteiger partial charge in [-0.25, -0.2) is 0 Å². The molecule has 1 N–H and O–H groups in total. The highest BCUT2D eigenvalue weighted by atomic mass is 16.3. The third kappa shape index (κ3) is 3.82. The van der Waals surface area contributed by atoms with Crippen LogP contribution < -0.4 is 5.32 Å². The average molecular weight is 265 g/mol. The summed E-state index contributed by atoms with van der Waals surface area (Å²) < 4.78 is 4.97. The van der Waals surface area contributed by atoms with Gasteiger partial charge in [-0.3, -0.25) is 9.59 Å². The summed E-state index contributed by atoms with van der Waals surface area (Å²) in [5.74, 6) is 0.0797. The van der Waals surface area contributed by atoms with E-state index in [0.29, 0.717) is 13.0 Å². The van der Waals surface area contributed by atoms with Crippen LogP contribution in [-0.4, -0.2) is 61.4 Å². The fourth-order valence-corrected chi connectivity index (χ4v) is 1.99. The maximum absolute atomic E-state index is 11.9. The van der Waals surface area contributed by atoms with Gasteiger partial charge in [0, 0.05) is 39.1 Å². The Balaban J connectivity index is 1.68. The SMILES string of the molecule is CN1CCN(C(=O)CCNC(=O)c2ccco2)CC1. The average Bonchev–Trinajstić information content (AvgIpc) is 2.93. The monoisotopic (exact) mass is 265 g/mol. The van der Waals surface area contributed by atoms with Gasteiger partial charge in [0.15, 0.2) is 5.76 Å². The normalized spacial score (nSPS) is 16.4. The number of nitrogens with one attached hydrogen (secondary N) is 1. The first-order valence-electron chi connectivity index (χ1n) is 6.45. The van der Waals surface area contributed by atoms with Crippen molar-refractivity contribution in [2.24, 2.45) is 0 Å². The number of hydrogen-bond acceptors (Lipinski definition) is 4. The predicted molar refractivity (Wildman–Crippen MR) is 69.7 cm³/mol. The minimum absolute atomic E-state index is 0.0906. The number of furan rings is 1. The number of carbonyl (C=O) groups excluding carboxylic acids is 2. The maximum atomic E-state index is 11.9. The van der Waals surface area contributed by atoms with Gasteiger partial charge >= 0.3 is 0 Å². The van der Waals surface area contributed by atoms with Crippen LogP contribution in [0.25, 0.3) is 0 Å². The van der Waals surface area contributed by atoms with E-state index in [1.54, 1.807) is 12.1 Å². The van der Waals surface area contributed by atoms with Crippen LogP contribution in [0.3, 0.4) is 0 Å². The Morgan fingerprint density at radius 2 is 2.05 bits per heavy atom. The Morgan fingerprint density at radius 3 is 2.68 bits per heavy atom. The summed E-state index contributed by atoms with van der Waals surface area (Å²) in [6, 6.07) is 3.25. The first-order valence-corrected chi connectivity index (χ1v) is 6.45. The summed E-state index contributed by atoms with van der Waals surface area (Å²) in [6.45, 7) is 3.68. The van der Waals surface area contributed by atoms with Crippen molar-refractivity contribution in [3.05, 3.63) is 24.2 Å². The van der Waals surface area contributed by atoms with Crippen molar-refractivity contribution in [2.75, 3.05) is 39.8 Å². The van der Waals surface area contributed by atoms with E-state index < -0.39 is 0 Å². The van der Waals surface area contributed by atoms with Crippen molar-refractivity contribution >= 4 is 11.8 Å². The Hall–Kier alpha value is -1.82. The van der Waals surface area contributed by atoms with Gasteiger partial charge in [-0.05, 0) is 19.2 Å². The number of nitrogens with zero attached hydrogens (tertiary/aromatic N) is 2. The molecule has 1 aromatic rings. The molecule has 0 saturated carbocycles. The van der Waals surface area contributed by atoms with Crippen molar-refractivity contribution in [1.29, 1.82) is 0 Å². The number of piperazine rings is 1. The minimum Gasteiger partial charge on any atom is -0.459 e. The lowest BCUT2D eigenvalue weighted by atomic mass is 10.3. The smallest absolute Gasteiger partial charge is 0.286 e. The molecule has 0 unspecified atom stereocenters. The van der Waals surface area contributed by atoms with Crippen LogP contribution in [0.1, 0.15) is 17.0 Å². The molecule has 0 bridgehead atoms. The van der Waals surface area contributed by atoms with E-state index >= 15 is 0 Å². The third-order valence-electron chi connectivity index (χ3n) is 3.23. The maximum Gasteiger partial charge on any atom is 0.286 e. The second-order valence-corrected chi connectivity index (χ2v) is 4.67. The lowest BCUT2D eigenvalue weighted by Gasteiger charge is -2.32. The van der Waals surface area contributed by atoms with Crippen LogP contribution >= 0.6 is 0 Å². The molecule has 104 valence electrons. The lowest BCUT2D eigenvalue weighted by Crippen LogP contribution is -2.47. The van der Waals surface area contributed by atoms with Crippen molar-refractivity contribution in [3.8, 4) is 0 Å². The second kappa shape index (κ2) is 6.38. The fraction of sp³-hybridized carbons (Fsp3) is 0.538. The summed E-state index contributed by atoms with van der Waals surface area (Å²) in [7, 11) is 2.05. The molecule has 1 saturated heterocycles. The van der Waals surface area contributed by atoms with Gasteiger partial charge < -0.3 is 19.5 Å². The van der Waals surface area contributed by atoms with E-state index in [2.05, 4.69) is 10.2 Å². The van der Waals surface area contributed by atoms with Crippen LogP contribution in [0.15, 0.2) is 22.8 Å². The van der Waals surface area contributed by atoms with E-state index in [4.69, 9.17) is 4.42 Å². The Labute approximate surface area is 112 Å². The standard InChI is InChI=1S/C13H19N3O3/c1-15-6-8-16(9-7-15)12(17)4-5-14-13(18)11-3-2-10-19-11/h2-3,10H,4-9H2,1H3,(H,14,18). The lowest BCUT2D eigenvalue weighted by molar-refractivity contribution is -0.132. The molecule has 1 fully saturated rings. The minimum atomic E-state index is -0.281. The third-order valence-corrected chi connectivity index (χ3v) is 3.23. The van der Waals surface area contributed by atoms with Gasteiger partial charge in [0.2, 0.25) is 5.91 Å². The van der Waals surface area contributed by atoms with Crippen LogP contribution in [0.5, 0.6) is 0 Å². The number of hydrogen-bond donors (Lipinski definition) is 1. The summed E-state index contributed by atoms with van der Waals surface area (Å²) in [6.07, 6.45) is 1.78. The molecule has 0 atom stereocenters. The second-order valence-electron chi connectivity index (χ2n) is 4.67. The van der Waals surface area contributed by atoms with Crippen molar-refractivity contribution in [3.63, 3.8) is 0 Å². The van der Waals surface area contributed by atoms with E-state index in [1.807, 2.05) is 11.9 Å². The Kier molecular flexibility index (Phi) is 4.57. The topological polar surface area (TPSA) is 65.8 Å². The molecule has 0 spiro atoms. The van der Waals surface area contributed by atoms with Crippen molar-refractivity contribution in [2.45, 2.75) is 6.42 Å². The largest absolute Gasteiger partial charge is 0.459 e. The van der Waals surface area contributed by atoms with Crippen LogP contribution in [-0.2, 0) is 4.79 Å².